The van der Waals surface area contributed by atoms with Crippen LogP contribution in [-0.4, -0.2) is 17.1 Å². The summed E-state index contributed by atoms with van der Waals surface area (Å²) in [6.07, 6.45) is 3.44. The topological polar surface area (TPSA) is 35.0 Å². The minimum Gasteiger partial charge on any atom is -0.497 e. The fourth-order valence-electron chi connectivity index (χ4n) is 1.76. The number of ether oxygens (including phenoxy) is 1. The molecule has 0 fully saturated rings. The third kappa shape index (κ3) is 1.76. The molecule has 0 aliphatic heterocycles. The number of hydrogen-bond donors (Lipinski definition) is 0. The first-order chi connectivity index (χ1) is 8.38. The first-order valence-corrected chi connectivity index (χ1v) is 6.09. The van der Waals surface area contributed by atoms with E-state index < -0.39 is 0 Å². The Labute approximate surface area is 103 Å². The van der Waals surface area contributed by atoms with Crippen LogP contribution in [0.4, 0.5) is 0 Å². The zero-order valence-corrected chi connectivity index (χ0v) is 10.1. The summed E-state index contributed by atoms with van der Waals surface area (Å²) in [4.78, 5) is 9.64. The zero-order valence-electron chi connectivity index (χ0n) is 9.25. The normalized spacial score (nSPS) is 10.6. The Morgan fingerprint density at radius 1 is 1.18 bits per heavy atom. The SMILES string of the molecule is COc1cccc(-c2csc3nccnc23)c1. The standard InChI is InChI=1S/C13H10N2OS/c1-16-10-4-2-3-9(7-10)11-8-17-13-12(11)14-5-6-15-13/h2-8H,1H3. The number of thiophene rings is 1. The van der Waals surface area contributed by atoms with Crippen molar-refractivity contribution in [2.75, 3.05) is 7.11 Å². The van der Waals surface area contributed by atoms with Crippen LogP contribution in [0.1, 0.15) is 0 Å². The van der Waals surface area contributed by atoms with Gasteiger partial charge in [-0.05, 0) is 17.7 Å². The smallest absolute Gasteiger partial charge is 0.142 e. The summed E-state index contributed by atoms with van der Waals surface area (Å²) in [5, 5.41) is 2.08. The highest BCUT2D eigenvalue weighted by atomic mass is 32.1. The highest BCUT2D eigenvalue weighted by Crippen LogP contribution is 2.32. The highest BCUT2D eigenvalue weighted by Gasteiger charge is 2.08. The van der Waals surface area contributed by atoms with E-state index in [1.165, 1.54) is 0 Å². The quantitative estimate of drug-likeness (QED) is 0.691. The van der Waals surface area contributed by atoms with Crippen LogP contribution in [-0.2, 0) is 0 Å². The molecule has 0 radical (unpaired) electrons. The van der Waals surface area contributed by atoms with Gasteiger partial charge in [0.15, 0.2) is 0 Å². The fraction of sp³-hybridized carbons (Fsp3) is 0.0769. The van der Waals surface area contributed by atoms with E-state index in [4.69, 9.17) is 4.74 Å². The Hall–Kier alpha value is -1.94. The molecule has 0 aliphatic rings. The summed E-state index contributed by atoms with van der Waals surface area (Å²) >= 11 is 1.61. The van der Waals surface area contributed by atoms with Gasteiger partial charge >= 0.3 is 0 Å². The molecule has 0 atom stereocenters. The van der Waals surface area contributed by atoms with Crippen molar-refractivity contribution in [2.45, 2.75) is 0 Å². The van der Waals surface area contributed by atoms with Gasteiger partial charge in [-0.15, -0.1) is 11.3 Å². The zero-order chi connectivity index (χ0) is 11.7. The van der Waals surface area contributed by atoms with E-state index >= 15 is 0 Å². The molecule has 1 aromatic carbocycles. The number of hydrogen-bond acceptors (Lipinski definition) is 4. The summed E-state index contributed by atoms with van der Waals surface area (Å²) in [5.41, 5.74) is 3.17. The van der Waals surface area contributed by atoms with Crippen molar-refractivity contribution < 1.29 is 4.74 Å². The number of fused-ring (bicyclic) bond motifs is 1. The molecule has 0 N–H and O–H groups in total. The summed E-state index contributed by atoms with van der Waals surface area (Å²) in [6.45, 7) is 0. The molecule has 0 saturated heterocycles. The molecular formula is C13H10N2OS. The van der Waals surface area contributed by atoms with E-state index in [0.29, 0.717) is 0 Å². The number of methoxy groups -OCH3 is 1. The van der Waals surface area contributed by atoms with E-state index in [0.717, 1.165) is 27.2 Å². The maximum atomic E-state index is 5.23. The number of nitrogens with zero attached hydrogens (tertiary/aromatic N) is 2. The van der Waals surface area contributed by atoms with Gasteiger partial charge in [-0.3, -0.25) is 4.98 Å². The van der Waals surface area contributed by atoms with Crippen LogP contribution < -0.4 is 4.74 Å². The van der Waals surface area contributed by atoms with Crippen LogP contribution >= 0.6 is 11.3 Å². The Balaban J connectivity index is 2.20. The predicted molar refractivity (Wildman–Crippen MR) is 69.4 cm³/mol. The van der Waals surface area contributed by atoms with Crippen LogP contribution in [0.2, 0.25) is 0 Å². The summed E-state index contributed by atoms with van der Waals surface area (Å²) in [6, 6.07) is 7.98. The van der Waals surface area contributed by atoms with Gasteiger partial charge in [-0.2, -0.15) is 0 Å². The lowest BCUT2D eigenvalue weighted by Gasteiger charge is -2.02. The van der Waals surface area contributed by atoms with E-state index in [-0.39, 0.29) is 0 Å². The molecule has 0 aliphatic carbocycles. The van der Waals surface area contributed by atoms with Gasteiger partial charge in [0.1, 0.15) is 16.1 Å². The second kappa shape index (κ2) is 4.14. The molecule has 0 bridgehead atoms. The second-order valence-corrected chi connectivity index (χ2v) is 4.45. The Morgan fingerprint density at radius 3 is 2.94 bits per heavy atom. The maximum Gasteiger partial charge on any atom is 0.142 e. The van der Waals surface area contributed by atoms with Crippen molar-refractivity contribution in [3.05, 3.63) is 42.0 Å². The molecular weight excluding hydrogens is 232 g/mol. The summed E-state index contributed by atoms with van der Waals surface area (Å²) in [7, 11) is 1.67. The average molecular weight is 242 g/mol. The van der Waals surface area contributed by atoms with Crippen LogP contribution in [0.5, 0.6) is 5.75 Å². The Morgan fingerprint density at radius 2 is 2.06 bits per heavy atom. The Bertz CT molecular complexity index is 663. The van der Waals surface area contributed by atoms with Gasteiger partial charge in [0.2, 0.25) is 0 Å². The lowest BCUT2D eigenvalue weighted by molar-refractivity contribution is 0.415. The van der Waals surface area contributed by atoms with Gasteiger partial charge in [0.25, 0.3) is 0 Å². The number of benzene rings is 1. The molecule has 0 spiro atoms. The van der Waals surface area contributed by atoms with Crippen molar-refractivity contribution >= 4 is 21.7 Å². The molecule has 4 heteroatoms. The van der Waals surface area contributed by atoms with Crippen molar-refractivity contribution in [3.63, 3.8) is 0 Å². The predicted octanol–water partition coefficient (Wildman–Crippen LogP) is 3.37. The maximum absolute atomic E-state index is 5.23. The lowest BCUT2D eigenvalue weighted by atomic mass is 10.1. The minimum atomic E-state index is 0.853. The van der Waals surface area contributed by atoms with Gasteiger partial charge in [-0.1, -0.05) is 12.1 Å². The molecule has 0 amide bonds. The summed E-state index contributed by atoms with van der Waals surface area (Å²) < 4.78 is 5.23. The third-order valence-corrected chi connectivity index (χ3v) is 3.46. The first-order valence-electron chi connectivity index (χ1n) is 5.21. The van der Waals surface area contributed by atoms with Crippen LogP contribution in [0.15, 0.2) is 42.0 Å². The third-order valence-electron chi connectivity index (χ3n) is 2.59. The van der Waals surface area contributed by atoms with Crippen LogP contribution in [0, 0.1) is 0 Å². The minimum absolute atomic E-state index is 0.853. The highest BCUT2D eigenvalue weighted by molar-refractivity contribution is 7.17. The molecule has 3 aromatic rings. The van der Waals surface area contributed by atoms with Gasteiger partial charge in [0, 0.05) is 23.3 Å². The van der Waals surface area contributed by atoms with E-state index in [9.17, 15) is 0 Å². The van der Waals surface area contributed by atoms with Crippen LogP contribution in [0.25, 0.3) is 21.5 Å². The van der Waals surface area contributed by atoms with Crippen molar-refractivity contribution in [3.8, 4) is 16.9 Å². The van der Waals surface area contributed by atoms with E-state index in [1.54, 1.807) is 30.8 Å². The molecule has 3 rings (SSSR count). The lowest BCUT2D eigenvalue weighted by Crippen LogP contribution is -1.84. The number of rotatable bonds is 2. The molecule has 0 unspecified atom stereocenters. The molecule has 0 saturated carbocycles. The first kappa shape index (κ1) is 10.2. The molecule has 2 heterocycles. The summed E-state index contributed by atoms with van der Waals surface area (Å²) in [5.74, 6) is 0.853. The molecule has 84 valence electrons. The van der Waals surface area contributed by atoms with Gasteiger partial charge < -0.3 is 4.74 Å². The molecule has 17 heavy (non-hydrogen) atoms. The van der Waals surface area contributed by atoms with Gasteiger partial charge in [-0.25, -0.2) is 4.98 Å². The monoisotopic (exact) mass is 242 g/mol. The van der Waals surface area contributed by atoms with Crippen molar-refractivity contribution in [2.24, 2.45) is 0 Å². The molecule has 3 nitrogen and oxygen atoms in total. The van der Waals surface area contributed by atoms with E-state index in [2.05, 4.69) is 21.4 Å². The van der Waals surface area contributed by atoms with E-state index in [1.807, 2.05) is 18.2 Å². The largest absolute Gasteiger partial charge is 0.497 e. The molecule has 2 aromatic heterocycles. The average Bonchev–Trinajstić information content (AvgIpc) is 2.82. The number of aromatic nitrogens is 2. The fourth-order valence-corrected chi connectivity index (χ4v) is 2.64. The Kier molecular flexibility index (Phi) is 2.49. The van der Waals surface area contributed by atoms with Gasteiger partial charge in [0.05, 0.1) is 7.11 Å². The second-order valence-electron chi connectivity index (χ2n) is 3.59. The van der Waals surface area contributed by atoms with Crippen LogP contribution in [0.3, 0.4) is 0 Å². The van der Waals surface area contributed by atoms with Crippen molar-refractivity contribution in [1.29, 1.82) is 0 Å². The van der Waals surface area contributed by atoms with Crippen molar-refractivity contribution in [1.82, 2.24) is 9.97 Å².